The summed E-state index contributed by atoms with van der Waals surface area (Å²) in [6, 6.07) is 9.01. The molecule has 0 radical (unpaired) electrons. The van der Waals surface area contributed by atoms with Crippen LogP contribution in [0.25, 0.3) is 0 Å². The molecule has 1 atom stereocenters. The molecule has 2 aliphatic rings. The van der Waals surface area contributed by atoms with E-state index in [1.165, 1.54) is 22.5 Å². The third-order valence-corrected chi connectivity index (χ3v) is 8.74. The van der Waals surface area contributed by atoms with Gasteiger partial charge >= 0.3 is 6.18 Å². The molecule has 2 aliphatic heterocycles. The molecule has 1 N–H and O–H groups in total. The minimum atomic E-state index is -4.50. The normalized spacial score (nSPS) is 21.0. The SMILES string of the molecule is CC(C)C[C@H]1NC2(CCN(S(=O)(=O)c3ccc(F)cc3)CC2)N(Cc2cccc(C(F)(F)F)c2)C1=O. The minimum Gasteiger partial charge on any atom is -0.319 e. The highest BCUT2D eigenvalue weighted by molar-refractivity contribution is 7.89. The van der Waals surface area contributed by atoms with Crippen molar-refractivity contribution >= 4 is 15.9 Å². The third-order valence-electron chi connectivity index (χ3n) is 6.83. The van der Waals surface area contributed by atoms with Gasteiger partial charge in [0, 0.05) is 19.6 Å². The van der Waals surface area contributed by atoms with E-state index in [2.05, 4.69) is 5.32 Å². The second-order valence-corrected chi connectivity index (χ2v) is 11.8. The number of hydrogen-bond donors (Lipinski definition) is 1. The van der Waals surface area contributed by atoms with Crippen LogP contribution in [0, 0.1) is 11.7 Å². The molecule has 2 heterocycles. The summed E-state index contributed by atoms with van der Waals surface area (Å²) < 4.78 is 80.5. The number of carbonyl (C=O) groups is 1. The van der Waals surface area contributed by atoms with Crippen LogP contribution in [-0.4, -0.2) is 48.3 Å². The van der Waals surface area contributed by atoms with Crippen LogP contribution in [0.5, 0.6) is 0 Å². The smallest absolute Gasteiger partial charge is 0.319 e. The third kappa shape index (κ3) is 5.28. The van der Waals surface area contributed by atoms with Crippen LogP contribution >= 0.6 is 0 Å². The molecule has 0 saturated carbocycles. The van der Waals surface area contributed by atoms with Crippen molar-refractivity contribution in [3.63, 3.8) is 0 Å². The number of amides is 1. The molecule has 4 rings (SSSR count). The fraction of sp³-hybridized carbons (Fsp3) is 0.480. The van der Waals surface area contributed by atoms with Gasteiger partial charge in [-0.3, -0.25) is 10.1 Å². The zero-order valence-corrected chi connectivity index (χ0v) is 20.9. The van der Waals surface area contributed by atoms with Crippen LogP contribution in [0.15, 0.2) is 53.4 Å². The van der Waals surface area contributed by atoms with Crippen molar-refractivity contribution in [1.29, 1.82) is 0 Å². The van der Waals surface area contributed by atoms with E-state index in [0.29, 0.717) is 12.0 Å². The number of carbonyl (C=O) groups excluding carboxylic acids is 1. The Labute approximate surface area is 208 Å². The summed E-state index contributed by atoms with van der Waals surface area (Å²) >= 11 is 0. The number of hydrogen-bond acceptors (Lipinski definition) is 4. The van der Waals surface area contributed by atoms with Crippen molar-refractivity contribution < 1.29 is 30.8 Å². The van der Waals surface area contributed by atoms with Crippen LogP contribution in [0.4, 0.5) is 17.6 Å². The van der Waals surface area contributed by atoms with Gasteiger partial charge in [0.25, 0.3) is 0 Å². The average Bonchev–Trinajstić information content (AvgIpc) is 3.04. The van der Waals surface area contributed by atoms with Gasteiger partial charge in [-0.15, -0.1) is 0 Å². The number of halogens is 4. The monoisotopic (exact) mass is 527 g/mol. The lowest BCUT2D eigenvalue weighted by atomic mass is 9.96. The summed E-state index contributed by atoms with van der Waals surface area (Å²) in [6.07, 6.45) is -3.40. The summed E-state index contributed by atoms with van der Waals surface area (Å²) in [5.74, 6) is -0.534. The van der Waals surface area contributed by atoms with E-state index in [1.807, 2.05) is 13.8 Å². The predicted molar refractivity (Wildman–Crippen MR) is 125 cm³/mol. The van der Waals surface area contributed by atoms with Gasteiger partial charge < -0.3 is 4.90 Å². The number of nitrogens with zero attached hydrogens (tertiary/aromatic N) is 2. The Morgan fingerprint density at radius 3 is 2.31 bits per heavy atom. The highest BCUT2D eigenvalue weighted by Crippen LogP contribution is 2.37. The lowest BCUT2D eigenvalue weighted by Gasteiger charge is -2.44. The Kier molecular flexibility index (Phi) is 7.20. The molecule has 11 heteroatoms. The lowest BCUT2D eigenvalue weighted by molar-refractivity contribution is -0.137. The van der Waals surface area contributed by atoms with Gasteiger partial charge in [0.15, 0.2) is 0 Å². The van der Waals surface area contributed by atoms with E-state index in [4.69, 9.17) is 0 Å². The molecule has 36 heavy (non-hydrogen) atoms. The molecule has 196 valence electrons. The van der Waals surface area contributed by atoms with Gasteiger partial charge in [-0.05, 0) is 67.1 Å². The van der Waals surface area contributed by atoms with Crippen molar-refractivity contribution in [1.82, 2.24) is 14.5 Å². The number of alkyl halides is 3. The molecule has 2 aromatic carbocycles. The van der Waals surface area contributed by atoms with Gasteiger partial charge in [0.05, 0.1) is 22.2 Å². The number of nitrogens with one attached hydrogen (secondary N) is 1. The van der Waals surface area contributed by atoms with Crippen molar-refractivity contribution in [3.05, 3.63) is 65.5 Å². The molecule has 0 bridgehead atoms. The quantitative estimate of drug-likeness (QED) is 0.567. The molecule has 0 aliphatic carbocycles. The fourth-order valence-corrected chi connectivity index (χ4v) is 6.46. The van der Waals surface area contributed by atoms with Crippen LogP contribution in [0.3, 0.4) is 0 Å². The molecule has 0 unspecified atom stereocenters. The number of piperidine rings is 1. The molecule has 2 fully saturated rings. The van der Waals surface area contributed by atoms with E-state index in [0.717, 1.165) is 24.3 Å². The summed E-state index contributed by atoms with van der Waals surface area (Å²) in [7, 11) is -3.86. The molecule has 6 nitrogen and oxygen atoms in total. The van der Waals surface area contributed by atoms with E-state index < -0.39 is 39.3 Å². The van der Waals surface area contributed by atoms with Crippen molar-refractivity contribution in [2.75, 3.05) is 13.1 Å². The van der Waals surface area contributed by atoms with Crippen LogP contribution in [0.1, 0.15) is 44.2 Å². The maximum atomic E-state index is 13.4. The van der Waals surface area contributed by atoms with Crippen LogP contribution < -0.4 is 5.32 Å². The van der Waals surface area contributed by atoms with Gasteiger partial charge in [-0.1, -0.05) is 26.0 Å². The Morgan fingerprint density at radius 2 is 1.72 bits per heavy atom. The summed E-state index contributed by atoms with van der Waals surface area (Å²) in [6.45, 7) is 4.15. The Morgan fingerprint density at radius 1 is 1.08 bits per heavy atom. The van der Waals surface area contributed by atoms with Crippen molar-refractivity contribution in [2.24, 2.45) is 5.92 Å². The first-order valence-corrected chi connectivity index (χ1v) is 13.3. The average molecular weight is 528 g/mol. The van der Waals surface area contributed by atoms with Gasteiger partial charge in [-0.2, -0.15) is 17.5 Å². The number of benzene rings is 2. The number of sulfonamides is 1. The molecule has 2 saturated heterocycles. The molecular formula is C25H29F4N3O3S. The Balaban J connectivity index is 1.58. The number of rotatable bonds is 6. The first-order chi connectivity index (χ1) is 16.8. The summed E-state index contributed by atoms with van der Waals surface area (Å²) in [5.41, 5.74) is -1.31. The molecule has 1 amide bonds. The van der Waals surface area contributed by atoms with Crippen molar-refractivity contribution in [3.8, 4) is 0 Å². The van der Waals surface area contributed by atoms with Crippen LogP contribution in [-0.2, 0) is 27.5 Å². The van der Waals surface area contributed by atoms with E-state index in [9.17, 15) is 30.8 Å². The maximum Gasteiger partial charge on any atom is 0.416 e. The van der Waals surface area contributed by atoms with Gasteiger partial charge in [-0.25, -0.2) is 12.8 Å². The van der Waals surface area contributed by atoms with Crippen molar-refractivity contribution in [2.45, 2.75) is 62.4 Å². The minimum absolute atomic E-state index is 0.0188. The Bertz CT molecular complexity index is 1210. The van der Waals surface area contributed by atoms with Gasteiger partial charge in [0.1, 0.15) is 5.82 Å². The van der Waals surface area contributed by atoms with Gasteiger partial charge in [0.2, 0.25) is 15.9 Å². The highest BCUT2D eigenvalue weighted by atomic mass is 32.2. The second-order valence-electron chi connectivity index (χ2n) is 9.84. The van der Waals surface area contributed by atoms with E-state index in [1.54, 1.807) is 11.0 Å². The second kappa shape index (κ2) is 9.75. The zero-order chi connectivity index (χ0) is 26.3. The predicted octanol–water partition coefficient (Wildman–Crippen LogP) is 4.37. The van der Waals surface area contributed by atoms with E-state index in [-0.39, 0.29) is 49.2 Å². The van der Waals surface area contributed by atoms with Crippen LogP contribution in [0.2, 0.25) is 0 Å². The first kappa shape index (κ1) is 26.6. The first-order valence-electron chi connectivity index (χ1n) is 11.8. The standard InChI is InChI=1S/C25H29F4N3O3S/c1-17(2)14-22-23(33)32(16-18-4-3-5-19(15-18)25(27,28)29)24(30-22)10-12-31(13-11-24)36(34,35)21-8-6-20(26)7-9-21/h3-9,15,17,22,30H,10-14,16H2,1-2H3/t22-/m1/s1. The largest absolute Gasteiger partial charge is 0.416 e. The highest BCUT2D eigenvalue weighted by Gasteiger charge is 2.52. The summed E-state index contributed by atoms with van der Waals surface area (Å²) in [5, 5.41) is 3.40. The lowest BCUT2D eigenvalue weighted by Crippen LogP contribution is -2.59. The zero-order valence-electron chi connectivity index (χ0n) is 20.1. The molecule has 1 spiro atoms. The summed E-state index contributed by atoms with van der Waals surface area (Å²) in [4.78, 5) is 15.0. The fourth-order valence-electron chi connectivity index (χ4n) is 5.02. The molecule has 2 aromatic rings. The molecular weight excluding hydrogens is 498 g/mol. The maximum absolute atomic E-state index is 13.4. The topological polar surface area (TPSA) is 69.7 Å². The van der Waals surface area contributed by atoms with E-state index >= 15 is 0 Å². The Hall–Kier alpha value is -2.50. The molecule has 0 aromatic heterocycles.